The molecular weight excluding hydrogens is 316 g/mol. The first-order valence-corrected chi connectivity index (χ1v) is 7.69. The Morgan fingerprint density at radius 1 is 1.27 bits per heavy atom. The summed E-state index contributed by atoms with van der Waals surface area (Å²) in [4.78, 5) is 1.97. The zero-order valence-corrected chi connectivity index (χ0v) is 14.5. The van der Waals surface area contributed by atoms with Crippen molar-refractivity contribution in [1.29, 1.82) is 0 Å². The Hall–Kier alpha value is -1.78. The van der Waals surface area contributed by atoms with Crippen LogP contribution in [0.5, 0.6) is 5.75 Å². The first kappa shape index (κ1) is 16.6. The summed E-state index contributed by atoms with van der Waals surface area (Å²) in [6.45, 7) is 2.67. The molecule has 0 heterocycles. The zero-order chi connectivity index (χ0) is 16.1. The fraction of sp³-hybridized carbons (Fsp3) is 0.235. The maximum absolute atomic E-state index is 6.13. The van der Waals surface area contributed by atoms with E-state index in [1.54, 1.807) is 7.11 Å². The van der Waals surface area contributed by atoms with Gasteiger partial charge in [-0.3, -0.25) is 0 Å². The van der Waals surface area contributed by atoms with E-state index in [1.165, 1.54) is 0 Å². The van der Waals surface area contributed by atoms with Gasteiger partial charge < -0.3 is 15.0 Å². The van der Waals surface area contributed by atoms with Crippen molar-refractivity contribution in [3.05, 3.63) is 58.6 Å². The summed E-state index contributed by atoms with van der Waals surface area (Å²) in [7, 11) is 3.61. The Balaban J connectivity index is 2.00. The van der Waals surface area contributed by atoms with Crippen molar-refractivity contribution in [3.63, 3.8) is 0 Å². The maximum atomic E-state index is 6.13. The molecule has 5 heteroatoms. The number of ether oxygens (including phenoxy) is 1. The second-order valence-electron chi connectivity index (χ2n) is 5.10. The van der Waals surface area contributed by atoms with Crippen LogP contribution in [-0.2, 0) is 6.54 Å². The molecule has 22 heavy (non-hydrogen) atoms. The third kappa shape index (κ3) is 4.36. The Morgan fingerprint density at radius 3 is 2.73 bits per heavy atom. The Bertz CT molecular complexity index is 675. The van der Waals surface area contributed by atoms with Gasteiger partial charge in [0.2, 0.25) is 0 Å². The number of benzene rings is 2. The van der Waals surface area contributed by atoms with E-state index in [4.69, 9.17) is 28.6 Å². The molecule has 0 aliphatic rings. The molecule has 0 radical (unpaired) electrons. The molecule has 2 rings (SSSR count). The van der Waals surface area contributed by atoms with Crippen molar-refractivity contribution < 1.29 is 4.74 Å². The van der Waals surface area contributed by atoms with E-state index in [1.807, 2.05) is 61.3 Å². The predicted octanol–water partition coefficient (Wildman–Crippen LogP) is 4.49. The monoisotopic (exact) mass is 334 g/mol. The number of thiocarbonyl (C=S) groups is 1. The molecule has 3 nitrogen and oxygen atoms in total. The highest BCUT2D eigenvalue weighted by atomic mass is 35.5. The van der Waals surface area contributed by atoms with Gasteiger partial charge in [-0.1, -0.05) is 29.8 Å². The Kier molecular flexibility index (Phi) is 5.63. The predicted molar refractivity (Wildman–Crippen MR) is 96.9 cm³/mol. The lowest BCUT2D eigenvalue weighted by Gasteiger charge is -2.21. The lowest BCUT2D eigenvalue weighted by molar-refractivity contribution is 0.413. The number of hydrogen-bond acceptors (Lipinski definition) is 2. The minimum absolute atomic E-state index is 0.641. The van der Waals surface area contributed by atoms with Crippen LogP contribution in [0.3, 0.4) is 0 Å². The smallest absolute Gasteiger partial charge is 0.173 e. The quantitative estimate of drug-likeness (QED) is 0.833. The second kappa shape index (κ2) is 7.47. The summed E-state index contributed by atoms with van der Waals surface area (Å²) >= 11 is 11.6. The minimum atomic E-state index is 0.641. The van der Waals surface area contributed by atoms with Crippen molar-refractivity contribution >= 4 is 34.6 Å². The molecule has 0 fully saturated rings. The van der Waals surface area contributed by atoms with Crippen LogP contribution >= 0.6 is 23.8 Å². The third-order valence-corrected chi connectivity index (χ3v) is 4.14. The van der Waals surface area contributed by atoms with Gasteiger partial charge in [-0.05, 0) is 54.5 Å². The highest BCUT2D eigenvalue weighted by Gasteiger charge is 2.07. The molecular formula is C17H19ClN2OS. The number of halogens is 1. The summed E-state index contributed by atoms with van der Waals surface area (Å²) in [5.74, 6) is 0.843. The average molecular weight is 335 g/mol. The number of methoxy groups -OCH3 is 1. The van der Waals surface area contributed by atoms with E-state index in [0.29, 0.717) is 11.7 Å². The molecule has 0 atom stereocenters. The fourth-order valence-corrected chi connectivity index (χ4v) is 2.37. The molecule has 1 N–H and O–H groups in total. The molecule has 2 aromatic carbocycles. The first-order chi connectivity index (χ1) is 10.5. The summed E-state index contributed by atoms with van der Waals surface area (Å²) in [6.07, 6.45) is 0. The van der Waals surface area contributed by atoms with E-state index < -0.39 is 0 Å². The van der Waals surface area contributed by atoms with Crippen molar-refractivity contribution in [1.82, 2.24) is 4.90 Å². The molecule has 0 aromatic heterocycles. The number of hydrogen-bond donors (Lipinski definition) is 1. The molecule has 0 saturated carbocycles. The van der Waals surface area contributed by atoms with Crippen LogP contribution in [0.4, 0.5) is 5.69 Å². The van der Waals surface area contributed by atoms with Crippen LogP contribution in [0.1, 0.15) is 11.1 Å². The highest BCUT2D eigenvalue weighted by Crippen LogP contribution is 2.20. The van der Waals surface area contributed by atoms with Crippen LogP contribution in [0.2, 0.25) is 5.02 Å². The molecule has 0 saturated heterocycles. The van der Waals surface area contributed by atoms with Gasteiger partial charge in [0.05, 0.1) is 7.11 Å². The number of anilines is 1. The largest absolute Gasteiger partial charge is 0.497 e. The number of aryl methyl sites for hydroxylation is 1. The van der Waals surface area contributed by atoms with E-state index in [-0.39, 0.29) is 0 Å². The average Bonchev–Trinajstić information content (AvgIpc) is 2.51. The van der Waals surface area contributed by atoms with E-state index in [9.17, 15) is 0 Å². The normalized spacial score (nSPS) is 10.2. The lowest BCUT2D eigenvalue weighted by atomic mass is 10.2. The van der Waals surface area contributed by atoms with Crippen LogP contribution in [0, 0.1) is 6.92 Å². The van der Waals surface area contributed by atoms with Crippen LogP contribution in [0.15, 0.2) is 42.5 Å². The van der Waals surface area contributed by atoms with Gasteiger partial charge >= 0.3 is 0 Å². The molecule has 0 amide bonds. The molecule has 0 spiro atoms. The summed E-state index contributed by atoms with van der Waals surface area (Å²) in [5, 5.41) is 4.57. The molecule has 2 aromatic rings. The number of nitrogens with zero attached hydrogens (tertiary/aromatic N) is 1. The number of nitrogens with one attached hydrogen (secondary N) is 1. The third-order valence-electron chi connectivity index (χ3n) is 3.32. The summed E-state index contributed by atoms with van der Waals surface area (Å²) in [5.41, 5.74) is 3.06. The van der Waals surface area contributed by atoms with Gasteiger partial charge in [-0.25, -0.2) is 0 Å². The first-order valence-electron chi connectivity index (χ1n) is 6.91. The number of rotatable bonds is 4. The van der Waals surface area contributed by atoms with Gasteiger partial charge in [-0.2, -0.15) is 0 Å². The lowest BCUT2D eigenvalue weighted by Crippen LogP contribution is -2.30. The van der Waals surface area contributed by atoms with Crippen molar-refractivity contribution in [3.8, 4) is 5.75 Å². The zero-order valence-electron chi connectivity index (χ0n) is 12.9. The molecule has 116 valence electrons. The van der Waals surface area contributed by atoms with Gasteiger partial charge in [0, 0.05) is 24.3 Å². The van der Waals surface area contributed by atoms with Gasteiger partial charge in [0.25, 0.3) is 0 Å². The van der Waals surface area contributed by atoms with Crippen molar-refractivity contribution in [2.45, 2.75) is 13.5 Å². The van der Waals surface area contributed by atoms with Crippen LogP contribution in [-0.4, -0.2) is 24.2 Å². The molecule has 0 unspecified atom stereocenters. The van der Waals surface area contributed by atoms with Crippen LogP contribution in [0.25, 0.3) is 0 Å². The summed E-state index contributed by atoms with van der Waals surface area (Å²) < 4.78 is 5.24. The van der Waals surface area contributed by atoms with Crippen molar-refractivity contribution in [2.75, 3.05) is 19.5 Å². The highest BCUT2D eigenvalue weighted by molar-refractivity contribution is 7.80. The SMILES string of the molecule is COc1cccc(CN(C)C(=S)Nc2ccc(C)c(Cl)c2)c1. The Labute approximate surface area is 141 Å². The van der Waals surface area contributed by atoms with E-state index in [2.05, 4.69) is 5.32 Å². The molecule has 0 bridgehead atoms. The van der Waals surface area contributed by atoms with E-state index in [0.717, 1.165) is 27.6 Å². The van der Waals surface area contributed by atoms with Crippen molar-refractivity contribution in [2.24, 2.45) is 0 Å². The van der Waals surface area contributed by atoms with Gasteiger partial charge in [0.1, 0.15) is 5.75 Å². The van der Waals surface area contributed by atoms with Crippen LogP contribution < -0.4 is 10.1 Å². The minimum Gasteiger partial charge on any atom is -0.497 e. The van der Waals surface area contributed by atoms with Gasteiger partial charge in [0.15, 0.2) is 5.11 Å². The molecule has 0 aliphatic carbocycles. The topological polar surface area (TPSA) is 24.5 Å². The summed E-state index contributed by atoms with van der Waals surface area (Å²) in [6, 6.07) is 13.8. The maximum Gasteiger partial charge on any atom is 0.173 e. The second-order valence-corrected chi connectivity index (χ2v) is 5.90. The molecule has 0 aliphatic heterocycles. The Morgan fingerprint density at radius 2 is 2.05 bits per heavy atom. The van der Waals surface area contributed by atoms with Gasteiger partial charge in [-0.15, -0.1) is 0 Å². The standard InChI is InChI=1S/C17H19ClN2OS/c1-12-7-8-14(10-16(12)18)19-17(22)20(2)11-13-5-4-6-15(9-13)21-3/h4-10H,11H2,1-3H3,(H,19,22). The fourth-order valence-electron chi connectivity index (χ4n) is 2.01. The van der Waals surface area contributed by atoms with E-state index >= 15 is 0 Å².